The van der Waals surface area contributed by atoms with Crippen molar-refractivity contribution < 1.29 is 9.53 Å². The van der Waals surface area contributed by atoms with E-state index >= 15 is 0 Å². The summed E-state index contributed by atoms with van der Waals surface area (Å²) in [6.07, 6.45) is 0. The second-order valence-electron chi connectivity index (χ2n) is 6.45. The van der Waals surface area contributed by atoms with Crippen LogP contribution in [0.15, 0.2) is 47.3 Å². The number of rotatable bonds is 5. The smallest absolute Gasteiger partial charge is 0.329 e. The highest BCUT2D eigenvalue weighted by Crippen LogP contribution is 2.26. The fourth-order valence-corrected chi connectivity index (χ4v) is 3.22. The van der Waals surface area contributed by atoms with Crippen LogP contribution in [0.4, 0.5) is 0 Å². The predicted octanol–water partition coefficient (Wildman–Crippen LogP) is 2.53. The van der Waals surface area contributed by atoms with Crippen molar-refractivity contribution in [1.82, 2.24) is 14.5 Å². The third-order valence-corrected chi connectivity index (χ3v) is 4.58. The molecule has 0 aliphatic heterocycles. The van der Waals surface area contributed by atoms with E-state index in [9.17, 15) is 9.59 Å². The Balaban J connectivity index is 1.83. The van der Waals surface area contributed by atoms with E-state index in [1.54, 1.807) is 18.7 Å². The van der Waals surface area contributed by atoms with Crippen LogP contribution in [0.25, 0.3) is 11.0 Å². The summed E-state index contributed by atoms with van der Waals surface area (Å²) in [5.74, 6) is 0.505. The highest BCUT2D eigenvalue weighted by atomic mass is 16.5. The Morgan fingerprint density at radius 1 is 1.19 bits per heavy atom. The largest absolute Gasteiger partial charge is 0.496 e. The minimum Gasteiger partial charge on any atom is -0.496 e. The van der Waals surface area contributed by atoms with Crippen LogP contribution in [0.5, 0.6) is 5.75 Å². The lowest BCUT2D eigenvalue weighted by Crippen LogP contribution is -2.34. The van der Waals surface area contributed by atoms with E-state index in [4.69, 9.17) is 4.74 Å². The molecule has 0 saturated heterocycles. The standard InChI is InChI=1S/C20H23N3O3/c1-13-9-10-18(26-4)15(11-13)14(2)21-19(24)12-23-17-8-6-5-7-16(17)22(3)20(23)25/h5-11,14H,12H2,1-4H3,(H,21,24). The maximum atomic E-state index is 12.6. The van der Waals surface area contributed by atoms with Crippen LogP contribution in [0, 0.1) is 6.92 Å². The zero-order chi connectivity index (χ0) is 18.8. The number of para-hydroxylation sites is 2. The Morgan fingerprint density at radius 2 is 1.88 bits per heavy atom. The van der Waals surface area contributed by atoms with E-state index in [1.807, 2.05) is 56.3 Å². The summed E-state index contributed by atoms with van der Waals surface area (Å²) in [5, 5.41) is 2.96. The highest BCUT2D eigenvalue weighted by molar-refractivity contribution is 5.81. The molecule has 0 spiro atoms. The van der Waals surface area contributed by atoms with Gasteiger partial charge in [0.05, 0.1) is 24.2 Å². The fourth-order valence-electron chi connectivity index (χ4n) is 3.22. The number of aromatic nitrogens is 2. The van der Waals surface area contributed by atoms with E-state index in [0.717, 1.165) is 27.9 Å². The molecule has 0 fully saturated rings. The van der Waals surface area contributed by atoms with Crippen LogP contribution in [0.3, 0.4) is 0 Å². The first-order valence-electron chi connectivity index (χ1n) is 8.50. The molecule has 26 heavy (non-hydrogen) atoms. The number of imidazole rings is 1. The van der Waals surface area contributed by atoms with Crippen molar-refractivity contribution in [3.8, 4) is 5.75 Å². The second kappa shape index (κ2) is 7.07. The number of amides is 1. The lowest BCUT2D eigenvalue weighted by molar-refractivity contribution is -0.122. The van der Waals surface area contributed by atoms with Gasteiger partial charge in [-0.15, -0.1) is 0 Å². The number of ether oxygens (including phenoxy) is 1. The van der Waals surface area contributed by atoms with Gasteiger partial charge in [-0.1, -0.05) is 29.8 Å². The number of nitrogens with zero attached hydrogens (tertiary/aromatic N) is 2. The molecule has 136 valence electrons. The van der Waals surface area contributed by atoms with E-state index in [-0.39, 0.29) is 24.2 Å². The number of nitrogens with one attached hydrogen (secondary N) is 1. The van der Waals surface area contributed by atoms with E-state index < -0.39 is 0 Å². The van der Waals surface area contributed by atoms with Crippen LogP contribution in [0.2, 0.25) is 0 Å². The van der Waals surface area contributed by atoms with Crippen molar-refractivity contribution in [3.63, 3.8) is 0 Å². The first kappa shape index (κ1) is 17.8. The Bertz CT molecular complexity index is 1020. The normalized spacial score (nSPS) is 12.2. The van der Waals surface area contributed by atoms with Crippen LogP contribution in [-0.2, 0) is 18.4 Å². The molecule has 6 heteroatoms. The molecule has 0 aliphatic carbocycles. The molecule has 0 saturated carbocycles. The minimum absolute atomic E-state index is 0.0291. The molecule has 2 aromatic carbocycles. The third-order valence-electron chi connectivity index (χ3n) is 4.58. The molecule has 1 amide bonds. The van der Waals surface area contributed by atoms with Gasteiger partial charge in [0.2, 0.25) is 5.91 Å². The SMILES string of the molecule is COc1ccc(C)cc1C(C)NC(=O)Cn1c(=O)n(C)c2ccccc21. The molecule has 0 aliphatic rings. The highest BCUT2D eigenvalue weighted by Gasteiger charge is 2.17. The predicted molar refractivity (Wildman–Crippen MR) is 101 cm³/mol. The average Bonchev–Trinajstić information content (AvgIpc) is 2.87. The van der Waals surface area contributed by atoms with Gasteiger partial charge < -0.3 is 10.1 Å². The molecule has 3 rings (SSSR count). The molecular weight excluding hydrogens is 330 g/mol. The van der Waals surface area contributed by atoms with Gasteiger partial charge in [0, 0.05) is 12.6 Å². The number of hydrogen-bond donors (Lipinski definition) is 1. The van der Waals surface area contributed by atoms with Gasteiger partial charge in [-0.2, -0.15) is 0 Å². The number of hydrogen-bond acceptors (Lipinski definition) is 3. The molecule has 6 nitrogen and oxygen atoms in total. The quantitative estimate of drug-likeness (QED) is 0.767. The van der Waals surface area contributed by atoms with Crippen molar-refractivity contribution >= 4 is 16.9 Å². The van der Waals surface area contributed by atoms with Gasteiger partial charge in [-0.05, 0) is 32.0 Å². The molecule has 0 radical (unpaired) electrons. The van der Waals surface area contributed by atoms with Gasteiger partial charge >= 0.3 is 5.69 Å². The number of methoxy groups -OCH3 is 1. The summed E-state index contributed by atoms with van der Waals surface area (Å²) in [6.45, 7) is 3.87. The molecule has 1 aromatic heterocycles. The van der Waals surface area contributed by atoms with Crippen LogP contribution in [-0.4, -0.2) is 22.2 Å². The lowest BCUT2D eigenvalue weighted by Gasteiger charge is -2.18. The summed E-state index contributed by atoms with van der Waals surface area (Å²) in [5.41, 5.74) is 3.34. The second-order valence-corrected chi connectivity index (χ2v) is 6.45. The van der Waals surface area contributed by atoms with Crippen molar-refractivity contribution in [2.45, 2.75) is 26.4 Å². The molecule has 1 heterocycles. The maximum Gasteiger partial charge on any atom is 0.329 e. The summed E-state index contributed by atoms with van der Waals surface area (Å²) >= 11 is 0. The van der Waals surface area contributed by atoms with Crippen molar-refractivity contribution in [2.24, 2.45) is 7.05 Å². The molecular formula is C20H23N3O3. The average molecular weight is 353 g/mol. The zero-order valence-corrected chi connectivity index (χ0v) is 15.4. The Hall–Kier alpha value is -3.02. The van der Waals surface area contributed by atoms with E-state index in [0.29, 0.717) is 0 Å². The fraction of sp³-hybridized carbons (Fsp3) is 0.300. The van der Waals surface area contributed by atoms with Crippen LogP contribution in [0.1, 0.15) is 24.1 Å². The summed E-state index contributed by atoms with van der Waals surface area (Å²) < 4.78 is 8.43. The molecule has 1 unspecified atom stereocenters. The van der Waals surface area contributed by atoms with Crippen molar-refractivity contribution in [3.05, 3.63) is 64.1 Å². The lowest BCUT2D eigenvalue weighted by atomic mass is 10.0. The molecule has 0 bridgehead atoms. The Kier molecular flexibility index (Phi) is 4.84. The van der Waals surface area contributed by atoms with Crippen LogP contribution < -0.4 is 15.7 Å². The van der Waals surface area contributed by atoms with Crippen molar-refractivity contribution in [1.29, 1.82) is 0 Å². The van der Waals surface area contributed by atoms with E-state index in [2.05, 4.69) is 5.32 Å². The summed E-state index contributed by atoms with van der Waals surface area (Å²) in [7, 11) is 3.32. The third kappa shape index (κ3) is 3.22. The first-order chi connectivity index (χ1) is 12.4. The number of fused-ring (bicyclic) bond motifs is 1. The molecule has 3 aromatic rings. The van der Waals surface area contributed by atoms with Crippen molar-refractivity contribution in [2.75, 3.05) is 7.11 Å². The first-order valence-corrected chi connectivity index (χ1v) is 8.50. The van der Waals surface area contributed by atoms with Gasteiger partial charge in [-0.25, -0.2) is 4.79 Å². The number of aryl methyl sites for hydroxylation is 2. The number of benzene rings is 2. The monoisotopic (exact) mass is 353 g/mol. The zero-order valence-electron chi connectivity index (χ0n) is 15.4. The topological polar surface area (TPSA) is 65.3 Å². The maximum absolute atomic E-state index is 12.6. The number of carbonyl (C=O) groups is 1. The summed E-state index contributed by atoms with van der Waals surface area (Å²) in [4.78, 5) is 25.0. The molecule has 1 N–H and O–H groups in total. The van der Waals surface area contributed by atoms with Crippen LogP contribution >= 0.6 is 0 Å². The molecule has 1 atom stereocenters. The van der Waals surface area contributed by atoms with Gasteiger partial charge in [0.25, 0.3) is 0 Å². The minimum atomic E-state index is -0.233. The van der Waals surface area contributed by atoms with Gasteiger partial charge in [0.1, 0.15) is 12.3 Å². The Morgan fingerprint density at radius 3 is 2.58 bits per heavy atom. The summed E-state index contributed by atoms with van der Waals surface area (Å²) in [6, 6.07) is 13.1. The van der Waals surface area contributed by atoms with E-state index in [1.165, 1.54) is 4.57 Å². The Labute approximate surface area is 152 Å². The van der Waals surface area contributed by atoms with Gasteiger partial charge in [0.15, 0.2) is 0 Å². The van der Waals surface area contributed by atoms with Gasteiger partial charge in [-0.3, -0.25) is 13.9 Å². The number of carbonyl (C=O) groups excluding carboxylic acids is 1.